The molecule has 0 radical (unpaired) electrons. The first kappa shape index (κ1) is 17.4. The van der Waals surface area contributed by atoms with Gasteiger partial charge in [0, 0.05) is 24.0 Å². The smallest absolute Gasteiger partial charge is 0.326 e. The summed E-state index contributed by atoms with van der Waals surface area (Å²) in [5.41, 5.74) is 0.325. The van der Waals surface area contributed by atoms with Crippen LogP contribution in [0.2, 0.25) is 0 Å². The Hall–Kier alpha value is -1.63. The van der Waals surface area contributed by atoms with Crippen molar-refractivity contribution in [3.8, 4) is 0 Å². The highest BCUT2D eigenvalue weighted by Crippen LogP contribution is 2.19. The average molecular weight is 314 g/mol. The van der Waals surface area contributed by atoms with Crippen molar-refractivity contribution in [3.05, 3.63) is 20.7 Å². The van der Waals surface area contributed by atoms with Gasteiger partial charge in [-0.2, -0.15) is 0 Å². The van der Waals surface area contributed by atoms with Gasteiger partial charge in [0.15, 0.2) is 0 Å². The molecule has 0 saturated carbocycles. The number of amides is 1. The zero-order valence-electron chi connectivity index (χ0n) is 12.8. The molecule has 21 heavy (non-hydrogen) atoms. The van der Waals surface area contributed by atoms with Crippen LogP contribution in [0.5, 0.6) is 0 Å². The van der Waals surface area contributed by atoms with Crippen molar-refractivity contribution in [2.24, 2.45) is 5.41 Å². The van der Waals surface area contributed by atoms with Gasteiger partial charge >= 0.3 is 10.8 Å². The highest BCUT2D eigenvalue weighted by atomic mass is 32.1. The minimum atomic E-state index is -1.04. The number of nitrogens with one attached hydrogen (secondary N) is 1. The van der Waals surface area contributed by atoms with E-state index in [-0.39, 0.29) is 17.2 Å². The quantitative estimate of drug-likeness (QED) is 0.835. The molecule has 2 N–H and O–H groups in total. The Labute approximate surface area is 127 Å². The van der Waals surface area contributed by atoms with Crippen LogP contribution in [0, 0.1) is 12.3 Å². The molecular formula is C14H22N2O4S. The van der Waals surface area contributed by atoms with Crippen LogP contribution < -0.4 is 10.2 Å². The second-order valence-electron chi connectivity index (χ2n) is 6.10. The van der Waals surface area contributed by atoms with Crippen LogP contribution in [0.3, 0.4) is 0 Å². The lowest BCUT2D eigenvalue weighted by molar-refractivity contribution is -0.145. The highest BCUT2D eigenvalue weighted by molar-refractivity contribution is 7.07. The number of rotatable bonds is 6. The molecular weight excluding hydrogens is 292 g/mol. The van der Waals surface area contributed by atoms with Crippen LogP contribution in [-0.4, -0.2) is 27.6 Å². The first-order chi connectivity index (χ1) is 9.62. The lowest BCUT2D eigenvalue weighted by atomic mass is 9.86. The van der Waals surface area contributed by atoms with Crippen LogP contribution in [0.25, 0.3) is 0 Å². The van der Waals surface area contributed by atoms with Gasteiger partial charge in [-0.25, -0.2) is 4.79 Å². The lowest BCUT2D eigenvalue weighted by Crippen LogP contribution is -2.49. The number of carboxylic acid groups (broad SMARTS) is 1. The molecule has 0 bridgehead atoms. The molecule has 1 rings (SSSR count). The maximum atomic E-state index is 11.8. The third-order valence-corrected chi connectivity index (χ3v) is 4.06. The van der Waals surface area contributed by atoms with Crippen LogP contribution in [-0.2, 0) is 16.1 Å². The summed E-state index contributed by atoms with van der Waals surface area (Å²) in [6.07, 6.45) is 0.696. The first-order valence-corrected chi connectivity index (χ1v) is 7.68. The van der Waals surface area contributed by atoms with E-state index >= 15 is 0 Å². The van der Waals surface area contributed by atoms with E-state index in [1.54, 1.807) is 30.7 Å². The average Bonchev–Trinajstić information content (AvgIpc) is 2.65. The van der Waals surface area contributed by atoms with Gasteiger partial charge in [-0.1, -0.05) is 32.1 Å². The molecule has 6 nitrogen and oxygen atoms in total. The molecule has 0 aliphatic carbocycles. The van der Waals surface area contributed by atoms with Crippen molar-refractivity contribution in [3.63, 3.8) is 0 Å². The van der Waals surface area contributed by atoms with E-state index in [1.807, 2.05) is 6.92 Å². The number of aliphatic carboxylic acids is 1. The van der Waals surface area contributed by atoms with Gasteiger partial charge < -0.3 is 15.0 Å². The van der Waals surface area contributed by atoms with Crippen LogP contribution in [0.4, 0.5) is 0 Å². The summed E-state index contributed by atoms with van der Waals surface area (Å²) in [6.45, 7) is 7.61. The molecule has 1 aromatic heterocycles. The summed E-state index contributed by atoms with van der Waals surface area (Å²) >= 11 is 1.14. The minimum Gasteiger partial charge on any atom is -0.480 e. The Morgan fingerprint density at radius 2 is 2.05 bits per heavy atom. The van der Waals surface area contributed by atoms with E-state index in [0.29, 0.717) is 13.0 Å². The molecule has 0 aromatic carbocycles. The number of aryl methyl sites for hydroxylation is 1. The van der Waals surface area contributed by atoms with E-state index < -0.39 is 17.4 Å². The van der Waals surface area contributed by atoms with E-state index in [0.717, 1.165) is 17.0 Å². The van der Waals surface area contributed by atoms with Gasteiger partial charge in [-0.3, -0.25) is 9.59 Å². The molecule has 1 aromatic rings. The second kappa shape index (κ2) is 6.89. The Morgan fingerprint density at radius 1 is 1.43 bits per heavy atom. The first-order valence-electron chi connectivity index (χ1n) is 6.80. The summed E-state index contributed by atoms with van der Waals surface area (Å²) in [5, 5.41) is 13.5. The predicted octanol–water partition coefficient (Wildman–Crippen LogP) is 1.61. The molecule has 0 unspecified atom stereocenters. The van der Waals surface area contributed by atoms with Crippen molar-refractivity contribution < 1.29 is 14.7 Å². The summed E-state index contributed by atoms with van der Waals surface area (Å²) in [4.78, 5) is 34.5. The van der Waals surface area contributed by atoms with Gasteiger partial charge in [0.25, 0.3) is 0 Å². The van der Waals surface area contributed by atoms with Gasteiger partial charge in [-0.15, -0.1) is 0 Å². The molecule has 0 aliphatic heterocycles. The van der Waals surface area contributed by atoms with Crippen LogP contribution in [0.15, 0.2) is 10.2 Å². The number of hydrogen-bond acceptors (Lipinski definition) is 4. The van der Waals surface area contributed by atoms with Gasteiger partial charge in [0.1, 0.15) is 6.04 Å². The Balaban J connectivity index is 2.51. The van der Waals surface area contributed by atoms with Gasteiger partial charge in [0.2, 0.25) is 5.91 Å². The number of carbonyl (C=O) groups is 2. The number of nitrogens with zero attached hydrogens (tertiary/aromatic N) is 1. The summed E-state index contributed by atoms with van der Waals surface area (Å²) in [5.74, 6) is -1.35. The fraction of sp³-hybridized carbons (Fsp3) is 0.643. The van der Waals surface area contributed by atoms with E-state index in [2.05, 4.69) is 5.32 Å². The number of thiazole rings is 1. The molecule has 118 valence electrons. The van der Waals surface area contributed by atoms with Crippen LogP contribution in [0.1, 0.15) is 39.3 Å². The van der Waals surface area contributed by atoms with Crippen molar-refractivity contribution >= 4 is 23.2 Å². The zero-order chi connectivity index (χ0) is 16.2. The number of carboxylic acids is 1. The predicted molar refractivity (Wildman–Crippen MR) is 81.6 cm³/mol. The SMILES string of the molecule is Cc1csc(=O)n1CCCC(=O)N[C@@H](C(=O)O)C(C)(C)C. The number of carbonyl (C=O) groups excluding carboxylic acids is 1. The maximum absolute atomic E-state index is 11.8. The number of aromatic nitrogens is 1. The van der Waals surface area contributed by atoms with Crippen molar-refractivity contribution in [2.45, 2.75) is 53.1 Å². The van der Waals surface area contributed by atoms with Gasteiger partial charge in [-0.05, 0) is 18.8 Å². The molecule has 0 aliphatic rings. The molecule has 0 spiro atoms. The highest BCUT2D eigenvalue weighted by Gasteiger charge is 2.32. The second-order valence-corrected chi connectivity index (χ2v) is 6.92. The molecule has 0 saturated heterocycles. The minimum absolute atomic E-state index is 0.0361. The zero-order valence-corrected chi connectivity index (χ0v) is 13.6. The van der Waals surface area contributed by atoms with Gasteiger partial charge in [0.05, 0.1) is 0 Å². The Bertz CT molecular complexity index is 568. The third-order valence-electron chi connectivity index (χ3n) is 3.18. The summed E-state index contributed by atoms with van der Waals surface area (Å²) < 4.78 is 1.62. The van der Waals surface area contributed by atoms with E-state index in [1.165, 1.54) is 0 Å². The topological polar surface area (TPSA) is 88.4 Å². The standard InChI is InChI=1S/C14H22N2O4S/c1-9-8-21-13(20)16(9)7-5-6-10(17)15-11(12(18)19)14(2,3)4/h8,11H,5-7H2,1-4H3,(H,15,17)(H,18,19)/t11-/m0/s1. The van der Waals surface area contributed by atoms with E-state index in [9.17, 15) is 14.4 Å². The summed E-state index contributed by atoms with van der Waals surface area (Å²) in [7, 11) is 0. The molecule has 1 amide bonds. The lowest BCUT2D eigenvalue weighted by Gasteiger charge is -2.27. The molecule has 0 fully saturated rings. The monoisotopic (exact) mass is 314 g/mol. The molecule has 7 heteroatoms. The van der Waals surface area contributed by atoms with Crippen molar-refractivity contribution in [1.82, 2.24) is 9.88 Å². The Morgan fingerprint density at radius 3 is 2.48 bits per heavy atom. The van der Waals surface area contributed by atoms with E-state index in [4.69, 9.17) is 5.11 Å². The number of hydrogen-bond donors (Lipinski definition) is 2. The van der Waals surface area contributed by atoms with Crippen molar-refractivity contribution in [2.75, 3.05) is 0 Å². The van der Waals surface area contributed by atoms with Crippen molar-refractivity contribution in [1.29, 1.82) is 0 Å². The fourth-order valence-electron chi connectivity index (χ4n) is 1.95. The van der Waals surface area contributed by atoms with Crippen LogP contribution >= 0.6 is 11.3 Å². The summed E-state index contributed by atoms with van der Waals surface area (Å²) in [6, 6.07) is -0.921. The fourth-order valence-corrected chi connectivity index (χ4v) is 2.72. The molecule has 1 heterocycles. The largest absolute Gasteiger partial charge is 0.480 e. The molecule has 1 atom stereocenters. The maximum Gasteiger partial charge on any atom is 0.326 e. The normalized spacial score (nSPS) is 13.0. The third kappa shape index (κ3) is 5.00. The Kier molecular flexibility index (Phi) is 5.71.